The van der Waals surface area contributed by atoms with Crippen LogP contribution in [0.2, 0.25) is 0 Å². The number of carboxylic acids is 2. The second-order valence-corrected chi connectivity index (χ2v) is 9.61. The third-order valence-corrected chi connectivity index (χ3v) is 5.86. The van der Waals surface area contributed by atoms with Gasteiger partial charge < -0.3 is 30.0 Å². The molecule has 0 bridgehead atoms. The van der Waals surface area contributed by atoms with E-state index in [2.05, 4.69) is 9.98 Å². The molecule has 0 unspecified atom stereocenters. The van der Waals surface area contributed by atoms with E-state index >= 15 is 0 Å². The van der Waals surface area contributed by atoms with Crippen molar-refractivity contribution < 1.29 is 73.1 Å². The standard InChI is InChI=1S/C28H20F6N2O2.2C2H4O2.Co/c1-15-9-20(27(29,30)31)11-18(25(15)37)13-35-22-7-3-5-17-6-4-8-23(24(17)22)36-14-19-12-21(28(32,33)34)10-16(2)26(19)38;2*1-2(3)4;/h3-14,37-38H,1-2H3;2*1H3,(H,3,4);/q;;;+2/p-2. The number of halogens is 6. The summed E-state index contributed by atoms with van der Waals surface area (Å²) in [6.45, 7) is 4.63. The van der Waals surface area contributed by atoms with Gasteiger partial charge in [-0.05, 0) is 80.6 Å². The molecule has 4 aromatic carbocycles. The summed E-state index contributed by atoms with van der Waals surface area (Å²) in [5.41, 5.74) is -1.49. The first-order valence-corrected chi connectivity index (χ1v) is 13.0. The third kappa shape index (κ3) is 11.8. The number of hydrogen-bond acceptors (Lipinski definition) is 8. The van der Waals surface area contributed by atoms with Crippen LogP contribution < -0.4 is 10.2 Å². The largest absolute Gasteiger partial charge is 2.00 e. The molecule has 0 aliphatic heterocycles. The van der Waals surface area contributed by atoms with Gasteiger partial charge in [-0.2, -0.15) is 26.3 Å². The number of aliphatic imine (C=N–C) groups is 2. The summed E-state index contributed by atoms with van der Waals surface area (Å²) in [6.07, 6.45) is -7.02. The number of aliphatic carboxylic acids is 2. The molecule has 251 valence electrons. The monoisotopic (exact) mass is 707 g/mol. The van der Waals surface area contributed by atoms with Crippen molar-refractivity contribution in [1.82, 2.24) is 0 Å². The fraction of sp³-hybridized carbons (Fsp3) is 0.188. The van der Waals surface area contributed by atoms with Crippen LogP contribution in [0.25, 0.3) is 10.8 Å². The fourth-order valence-corrected chi connectivity index (χ4v) is 3.93. The Hall–Kier alpha value is -4.89. The minimum atomic E-state index is -4.62. The van der Waals surface area contributed by atoms with Crippen LogP contribution in [0.15, 0.2) is 70.6 Å². The Morgan fingerprint density at radius 2 is 1.00 bits per heavy atom. The van der Waals surface area contributed by atoms with E-state index in [-0.39, 0.29) is 50.5 Å². The Kier molecular flexibility index (Phi) is 14.2. The van der Waals surface area contributed by atoms with E-state index in [1.165, 1.54) is 13.8 Å². The number of hydrogen-bond donors (Lipinski definition) is 2. The molecule has 0 heterocycles. The van der Waals surface area contributed by atoms with Crippen molar-refractivity contribution in [3.05, 3.63) is 94.0 Å². The van der Waals surface area contributed by atoms with Crippen LogP contribution in [0.4, 0.5) is 37.7 Å². The van der Waals surface area contributed by atoms with E-state index < -0.39 is 35.4 Å². The maximum atomic E-state index is 13.3. The minimum absolute atomic E-state index is 0. The van der Waals surface area contributed by atoms with Crippen molar-refractivity contribution in [3.63, 3.8) is 0 Å². The zero-order valence-corrected chi connectivity index (χ0v) is 26.0. The summed E-state index contributed by atoms with van der Waals surface area (Å²) in [5, 5.41) is 39.5. The summed E-state index contributed by atoms with van der Waals surface area (Å²) in [4.78, 5) is 26.4. The summed E-state index contributed by atoms with van der Waals surface area (Å²) >= 11 is 0. The van der Waals surface area contributed by atoms with Gasteiger partial charge in [-0.1, -0.05) is 24.3 Å². The molecule has 8 nitrogen and oxygen atoms in total. The number of carbonyl (C=O) groups is 2. The van der Waals surface area contributed by atoms with Gasteiger partial charge in [-0.3, -0.25) is 9.98 Å². The van der Waals surface area contributed by atoms with Gasteiger partial charge in [0, 0.05) is 40.9 Å². The average molecular weight is 707 g/mol. The molecule has 0 spiro atoms. The van der Waals surface area contributed by atoms with Gasteiger partial charge in [0.2, 0.25) is 0 Å². The van der Waals surface area contributed by atoms with Crippen molar-refractivity contribution in [2.45, 2.75) is 40.0 Å². The van der Waals surface area contributed by atoms with Crippen LogP contribution in [-0.2, 0) is 38.7 Å². The molecule has 15 heteroatoms. The molecular weight excluding hydrogens is 681 g/mol. The van der Waals surface area contributed by atoms with E-state index in [1.54, 1.807) is 36.4 Å². The molecule has 4 rings (SSSR count). The van der Waals surface area contributed by atoms with Crippen LogP contribution >= 0.6 is 0 Å². The fourth-order valence-electron chi connectivity index (χ4n) is 3.93. The number of rotatable bonds is 4. The van der Waals surface area contributed by atoms with Gasteiger partial charge in [0.15, 0.2) is 0 Å². The Balaban J connectivity index is 0.00000110. The van der Waals surface area contributed by atoms with Crippen molar-refractivity contribution in [2.75, 3.05) is 0 Å². The number of alkyl halides is 6. The number of fused-ring (bicyclic) bond motifs is 1. The number of carboxylic acid groups (broad SMARTS) is 2. The van der Waals surface area contributed by atoms with E-state index in [1.807, 2.05) is 0 Å². The van der Waals surface area contributed by atoms with Crippen molar-refractivity contribution in [3.8, 4) is 11.5 Å². The quantitative estimate of drug-likeness (QED) is 0.199. The molecule has 0 saturated carbocycles. The average Bonchev–Trinajstić information content (AvgIpc) is 2.92. The Morgan fingerprint density at radius 1 is 0.681 bits per heavy atom. The molecule has 0 amide bonds. The molecule has 0 atom stereocenters. The first-order valence-electron chi connectivity index (χ1n) is 13.0. The van der Waals surface area contributed by atoms with Gasteiger partial charge in [0.25, 0.3) is 0 Å². The van der Waals surface area contributed by atoms with Crippen molar-refractivity contribution in [2.24, 2.45) is 9.98 Å². The molecule has 0 aromatic heterocycles. The Morgan fingerprint density at radius 3 is 1.30 bits per heavy atom. The predicted molar refractivity (Wildman–Crippen MR) is 156 cm³/mol. The van der Waals surface area contributed by atoms with Crippen LogP contribution in [0, 0.1) is 13.8 Å². The number of benzene rings is 4. The van der Waals surface area contributed by atoms with Crippen LogP contribution in [-0.4, -0.2) is 34.6 Å². The van der Waals surface area contributed by atoms with E-state index in [0.29, 0.717) is 22.1 Å². The van der Waals surface area contributed by atoms with Gasteiger partial charge in [-0.15, -0.1) is 0 Å². The summed E-state index contributed by atoms with van der Waals surface area (Å²) < 4.78 is 79.5. The molecule has 0 aliphatic rings. The summed E-state index contributed by atoms with van der Waals surface area (Å²) in [7, 11) is 0. The first-order chi connectivity index (χ1) is 21.2. The molecule has 0 saturated heterocycles. The topological polar surface area (TPSA) is 145 Å². The third-order valence-electron chi connectivity index (χ3n) is 5.86. The number of phenolic OH excluding ortho intramolecular Hbond substituents is 2. The van der Waals surface area contributed by atoms with E-state index in [9.17, 15) is 36.6 Å². The van der Waals surface area contributed by atoms with Gasteiger partial charge >= 0.3 is 29.1 Å². The number of nitrogens with zero attached hydrogens (tertiary/aromatic N) is 2. The second kappa shape index (κ2) is 16.6. The maximum absolute atomic E-state index is 13.3. The van der Waals surface area contributed by atoms with Gasteiger partial charge in [-0.25, -0.2) is 0 Å². The maximum Gasteiger partial charge on any atom is 2.00 e. The molecule has 1 radical (unpaired) electrons. The predicted octanol–water partition coefficient (Wildman–Crippen LogP) is 5.92. The smallest absolute Gasteiger partial charge is 0.550 e. The first kappa shape index (κ1) is 40.1. The van der Waals surface area contributed by atoms with Crippen LogP contribution in [0.3, 0.4) is 0 Å². The van der Waals surface area contributed by atoms with Crippen molar-refractivity contribution in [1.29, 1.82) is 0 Å². The number of carbonyl (C=O) groups excluding carboxylic acids is 2. The SMILES string of the molecule is CC(=O)[O-].CC(=O)[O-].Cc1cc(C(F)(F)F)cc(C=Nc2cccc3cccc(N=Cc4cc(C(F)(F)F)cc(C)c4O)c23)c1O.[Co+2]. The number of phenols is 2. The van der Waals surface area contributed by atoms with E-state index in [0.717, 1.165) is 50.5 Å². The van der Waals surface area contributed by atoms with Gasteiger partial charge in [0.05, 0.1) is 22.5 Å². The zero-order chi connectivity index (χ0) is 35.0. The minimum Gasteiger partial charge on any atom is -0.550 e. The molecule has 2 N–H and O–H groups in total. The zero-order valence-electron chi connectivity index (χ0n) is 25.0. The van der Waals surface area contributed by atoms with E-state index in [4.69, 9.17) is 19.8 Å². The molecule has 47 heavy (non-hydrogen) atoms. The number of aromatic hydroxyl groups is 2. The van der Waals surface area contributed by atoms with Gasteiger partial charge in [0.1, 0.15) is 11.5 Å². The molecule has 4 aromatic rings. The summed E-state index contributed by atoms with van der Waals surface area (Å²) in [6, 6.07) is 13.2. The summed E-state index contributed by atoms with van der Waals surface area (Å²) in [5.74, 6) is -2.87. The Labute approximate surface area is 274 Å². The van der Waals surface area contributed by atoms with Crippen LogP contribution in [0.1, 0.15) is 47.2 Å². The van der Waals surface area contributed by atoms with Crippen molar-refractivity contribution >= 4 is 46.5 Å². The molecular formula is C32H26CoF6N2O6. The second-order valence-electron chi connectivity index (χ2n) is 9.61. The Bertz CT molecular complexity index is 1670. The normalized spacial score (nSPS) is 11.4. The molecule has 0 fully saturated rings. The number of aryl methyl sites for hydroxylation is 2. The van der Waals surface area contributed by atoms with Crippen LogP contribution in [0.5, 0.6) is 11.5 Å². The molecule has 0 aliphatic carbocycles.